The number of carbonyl (C=O) groups excluding carboxylic acids is 2. The van der Waals surface area contributed by atoms with Crippen molar-refractivity contribution in [2.24, 2.45) is 0 Å². The Labute approximate surface area is 97.1 Å². The van der Waals surface area contributed by atoms with E-state index in [2.05, 4.69) is 4.74 Å². The van der Waals surface area contributed by atoms with Crippen LogP contribution in [0, 0.1) is 0 Å². The van der Waals surface area contributed by atoms with Gasteiger partial charge in [-0.15, -0.1) is 0 Å². The maximum atomic E-state index is 10.5. The standard InChI is InChI=1S/C5H9O6P.Na/c1-11-4(6)2-3-5(7)12(8,9)10;/h2-3H2,1H3,(H2,8,9,10);/q;+1/p-1. The summed E-state index contributed by atoms with van der Waals surface area (Å²) in [5.41, 5.74) is -1.35. The van der Waals surface area contributed by atoms with Crippen molar-refractivity contribution in [2.75, 3.05) is 7.11 Å². The molecule has 0 aliphatic carbocycles. The number of methoxy groups -OCH3 is 1. The Bertz CT molecular complexity index is 233. The van der Waals surface area contributed by atoms with Crippen LogP contribution in [0.1, 0.15) is 12.8 Å². The molecule has 8 heteroatoms. The van der Waals surface area contributed by atoms with E-state index in [-0.39, 0.29) is 36.0 Å². The molecular weight excluding hydrogens is 210 g/mol. The minimum absolute atomic E-state index is 0. The minimum Gasteiger partial charge on any atom is -0.773 e. The maximum Gasteiger partial charge on any atom is 1.00 e. The zero-order valence-corrected chi connectivity index (χ0v) is 10.2. The fourth-order valence-corrected chi connectivity index (χ4v) is 0.847. The molecule has 0 aromatic carbocycles. The van der Waals surface area contributed by atoms with Gasteiger partial charge in [0.25, 0.3) is 0 Å². The van der Waals surface area contributed by atoms with Crippen LogP contribution in [-0.2, 0) is 18.9 Å². The van der Waals surface area contributed by atoms with E-state index in [1.807, 2.05) is 0 Å². The SMILES string of the molecule is COC(=O)CCC(=O)P(=O)([O-])O.[Na+]. The molecule has 0 saturated carbocycles. The van der Waals surface area contributed by atoms with E-state index in [1.54, 1.807) is 0 Å². The molecule has 0 bridgehead atoms. The summed E-state index contributed by atoms with van der Waals surface area (Å²) < 4.78 is 14.3. The van der Waals surface area contributed by atoms with E-state index in [1.165, 1.54) is 0 Å². The molecule has 0 spiro atoms. The first kappa shape index (κ1) is 15.7. The Kier molecular flexibility index (Phi) is 8.12. The summed E-state index contributed by atoms with van der Waals surface area (Å²) in [5, 5.41) is 0. The number of ether oxygens (including phenoxy) is 1. The molecule has 0 amide bonds. The van der Waals surface area contributed by atoms with Crippen molar-refractivity contribution in [3.63, 3.8) is 0 Å². The summed E-state index contributed by atoms with van der Waals surface area (Å²) >= 11 is 0. The van der Waals surface area contributed by atoms with Crippen LogP contribution >= 0.6 is 7.60 Å². The third-order valence-electron chi connectivity index (χ3n) is 1.09. The predicted octanol–water partition coefficient (Wildman–Crippen LogP) is -3.98. The molecular formula is C5H8NaO6P. The summed E-state index contributed by atoms with van der Waals surface area (Å²) in [5.74, 6) is -0.697. The van der Waals surface area contributed by atoms with Crippen LogP contribution in [0.15, 0.2) is 0 Å². The molecule has 1 N–H and O–H groups in total. The average molecular weight is 218 g/mol. The first-order valence-corrected chi connectivity index (χ1v) is 4.59. The van der Waals surface area contributed by atoms with Crippen LogP contribution in [0.3, 0.4) is 0 Å². The van der Waals surface area contributed by atoms with Gasteiger partial charge < -0.3 is 19.1 Å². The van der Waals surface area contributed by atoms with Gasteiger partial charge in [0.2, 0.25) is 5.52 Å². The molecule has 0 aliphatic rings. The van der Waals surface area contributed by atoms with Gasteiger partial charge in [0.15, 0.2) is 7.60 Å². The van der Waals surface area contributed by atoms with Crippen LogP contribution in [0.25, 0.3) is 0 Å². The molecule has 0 saturated heterocycles. The largest absolute Gasteiger partial charge is 1.00 e. The van der Waals surface area contributed by atoms with Crippen molar-refractivity contribution in [3.05, 3.63) is 0 Å². The van der Waals surface area contributed by atoms with Gasteiger partial charge in [-0.1, -0.05) is 0 Å². The van der Waals surface area contributed by atoms with Crippen LogP contribution in [0.4, 0.5) is 0 Å². The maximum absolute atomic E-state index is 10.5. The van der Waals surface area contributed by atoms with E-state index in [9.17, 15) is 19.0 Å². The van der Waals surface area contributed by atoms with E-state index in [0.29, 0.717) is 0 Å². The third-order valence-corrected chi connectivity index (χ3v) is 1.94. The quantitative estimate of drug-likeness (QED) is 0.293. The molecule has 6 nitrogen and oxygen atoms in total. The Hall–Kier alpha value is 0.290. The Morgan fingerprint density at radius 3 is 2.23 bits per heavy atom. The average Bonchev–Trinajstić information content (AvgIpc) is 1.97. The molecule has 1 unspecified atom stereocenters. The predicted molar refractivity (Wildman–Crippen MR) is 36.1 cm³/mol. The van der Waals surface area contributed by atoms with Crippen molar-refractivity contribution in [3.8, 4) is 0 Å². The third kappa shape index (κ3) is 7.37. The summed E-state index contributed by atoms with van der Waals surface area (Å²) in [6, 6.07) is 0. The normalized spacial score (nSPS) is 13.8. The van der Waals surface area contributed by atoms with Crippen molar-refractivity contribution in [1.82, 2.24) is 0 Å². The van der Waals surface area contributed by atoms with E-state index >= 15 is 0 Å². The molecule has 0 heterocycles. The van der Waals surface area contributed by atoms with Crippen LogP contribution < -0.4 is 34.5 Å². The molecule has 0 aliphatic heterocycles. The monoisotopic (exact) mass is 218 g/mol. The molecule has 70 valence electrons. The number of carbonyl (C=O) groups is 2. The summed E-state index contributed by atoms with van der Waals surface area (Å²) in [7, 11) is -3.81. The molecule has 0 aromatic heterocycles. The topological polar surface area (TPSA) is 104 Å². The fraction of sp³-hybridized carbons (Fsp3) is 0.600. The number of hydrogen-bond acceptors (Lipinski definition) is 5. The number of hydrogen-bond donors (Lipinski definition) is 1. The van der Waals surface area contributed by atoms with Crippen molar-refractivity contribution < 1.29 is 58.2 Å². The first-order valence-electron chi connectivity index (χ1n) is 3.02. The Balaban J connectivity index is 0. The van der Waals surface area contributed by atoms with Gasteiger partial charge in [-0.3, -0.25) is 9.59 Å². The van der Waals surface area contributed by atoms with Gasteiger partial charge in [-0.25, -0.2) is 0 Å². The van der Waals surface area contributed by atoms with Crippen molar-refractivity contribution >= 4 is 19.1 Å². The van der Waals surface area contributed by atoms with E-state index in [4.69, 9.17) is 4.89 Å². The molecule has 0 radical (unpaired) electrons. The first-order chi connectivity index (χ1) is 5.38. The Morgan fingerprint density at radius 1 is 1.46 bits per heavy atom. The van der Waals surface area contributed by atoms with Crippen LogP contribution in [-0.4, -0.2) is 23.5 Å². The summed E-state index contributed by atoms with van der Waals surface area (Å²) in [6.45, 7) is 0. The van der Waals surface area contributed by atoms with Gasteiger partial charge in [0, 0.05) is 6.42 Å². The molecule has 13 heavy (non-hydrogen) atoms. The molecule has 1 atom stereocenters. The van der Waals surface area contributed by atoms with Gasteiger partial charge >= 0.3 is 35.5 Å². The summed E-state index contributed by atoms with van der Waals surface area (Å²) in [6.07, 6.45) is -0.897. The summed E-state index contributed by atoms with van der Waals surface area (Å²) in [4.78, 5) is 39.1. The second kappa shape index (κ2) is 6.70. The number of rotatable bonds is 4. The van der Waals surface area contributed by atoms with Gasteiger partial charge in [0.1, 0.15) is 0 Å². The van der Waals surface area contributed by atoms with Gasteiger partial charge in [0.05, 0.1) is 13.5 Å². The van der Waals surface area contributed by atoms with Crippen LogP contribution in [0.5, 0.6) is 0 Å². The zero-order chi connectivity index (χ0) is 9.78. The fourth-order valence-electron chi connectivity index (χ4n) is 0.452. The smallest absolute Gasteiger partial charge is 0.773 e. The number of esters is 1. The second-order valence-corrected chi connectivity index (χ2v) is 3.53. The second-order valence-electron chi connectivity index (χ2n) is 1.99. The molecule has 0 fully saturated rings. The van der Waals surface area contributed by atoms with E-state index < -0.39 is 25.5 Å². The van der Waals surface area contributed by atoms with E-state index in [0.717, 1.165) is 7.11 Å². The van der Waals surface area contributed by atoms with Gasteiger partial charge in [-0.05, 0) is 0 Å². The Morgan fingerprint density at radius 2 is 1.92 bits per heavy atom. The van der Waals surface area contributed by atoms with Crippen LogP contribution in [0.2, 0.25) is 0 Å². The van der Waals surface area contributed by atoms with Crippen molar-refractivity contribution in [1.29, 1.82) is 0 Å². The zero-order valence-electron chi connectivity index (χ0n) is 7.35. The van der Waals surface area contributed by atoms with Gasteiger partial charge in [-0.2, -0.15) is 0 Å². The minimum atomic E-state index is -4.92. The molecule has 0 aromatic rings. The van der Waals surface area contributed by atoms with Crippen molar-refractivity contribution in [2.45, 2.75) is 12.8 Å². The molecule has 0 rings (SSSR count).